The summed E-state index contributed by atoms with van der Waals surface area (Å²) >= 11 is 0. The van der Waals surface area contributed by atoms with Crippen molar-refractivity contribution in [3.05, 3.63) is 17.7 Å². The van der Waals surface area contributed by atoms with Gasteiger partial charge in [-0.1, -0.05) is 0 Å². The second-order valence-corrected chi connectivity index (χ2v) is 4.18. The maximum atomic E-state index is 12.7. The Labute approximate surface area is 109 Å². The standard InChI is InChI=1S/C11H17F3N4O/c1-7(3-2-4-19)16-9-5-8(11(12,13)14)6-10(17-9)18-15/h5-7,19H,2-4,15H2,1H3,(H2,16,17,18). The number of aliphatic hydroxyl groups is 1. The zero-order valence-electron chi connectivity index (χ0n) is 10.5. The molecule has 0 aliphatic rings. The van der Waals surface area contributed by atoms with Crippen LogP contribution in [0.4, 0.5) is 24.8 Å². The minimum absolute atomic E-state index is 0.0393. The molecule has 0 amide bonds. The normalized spacial score (nSPS) is 13.2. The van der Waals surface area contributed by atoms with Crippen LogP contribution in [0, 0.1) is 0 Å². The van der Waals surface area contributed by atoms with Gasteiger partial charge in [-0.05, 0) is 31.9 Å². The smallest absolute Gasteiger partial charge is 0.396 e. The van der Waals surface area contributed by atoms with Gasteiger partial charge in [0.1, 0.15) is 11.6 Å². The molecule has 0 radical (unpaired) electrons. The minimum Gasteiger partial charge on any atom is -0.396 e. The Bertz CT molecular complexity index is 411. The summed E-state index contributed by atoms with van der Waals surface area (Å²) in [6.07, 6.45) is -3.27. The first-order chi connectivity index (χ1) is 8.86. The molecule has 0 saturated carbocycles. The Balaban J connectivity index is 2.88. The van der Waals surface area contributed by atoms with E-state index in [4.69, 9.17) is 10.9 Å². The Kier molecular flexibility index (Phi) is 5.37. The lowest BCUT2D eigenvalue weighted by atomic mass is 10.2. The van der Waals surface area contributed by atoms with E-state index < -0.39 is 11.7 Å². The molecule has 19 heavy (non-hydrogen) atoms. The molecular weight excluding hydrogens is 261 g/mol. The van der Waals surface area contributed by atoms with Crippen LogP contribution < -0.4 is 16.6 Å². The average molecular weight is 278 g/mol. The Morgan fingerprint density at radius 3 is 2.53 bits per heavy atom. The van der Waals surface area contributed by atoms with Crippen molar-refractivity contribution in [2.45, 2.75) is 32.0 Å². The van der Waals surface area contributed by atoms with E-state index in [0.717, 1.165) is 12.1 Å². The molecule has 1 aromatic heterocycles. The van der Waals surface area contributed by atoms with E-state index in [1.165, 1.54) is 0 Å². The first kappa shape index (κ1) is 15.5. The first-order valence-corrected chi connectivity index (χ1v) is 5.80. The molecule has 1 atom stereocenters. The molecule has 0 fully saturated rings. The molecular formula is C11H17F3N4O. The maximum Gasteiger partial charge on any atom is 0.416 e. The van der Waals surface area contributed by atoms with Crippen molar-refractivity contribution in [3.8, 4) is 0 Å². The number of aromatic nitrogens is 1. The van der Waals surface area contributed by atoms with Gasteiger partial charge in [0.05, 0.1) is 5.56 Å². The molecule has 0 aromatic carbocycles. The number of nitrogens with zero attached hydrogens (tertiary/aromatic N) is 1. The fourth-order valence-corrected chi connectivity index (χ4v) is 1.56. The number of rotatable bonds is 6. The van der Waals surface area contributed by atoms with Crippen LogP contribution in [0.3, 0.4) is 0 Å². The summed E-state index contributed by atoms with van der Waals surface area (Å²) in [6.45, 7) is 1.84. The number of anilines is 2. The number of hydrogen-bond acceptors (Lipinski definition) is 5. The molecule has 0 aliphatic heterocycles. The molecule has 8 heteroatoms. The lowest BCUT2D eigenvalue weighted by molar-refractivity contribution is -0.137. The van der Waals surface area contributed by atoms with Crippen molar-refractivity contribution in [1.82, 2.24) is 4.98 Å². The van der Waals surface area contributed by atoms with Crippen LogP contribution >= 0.6 is 0 Å². The summed E-state index contributed by atoms with van der Waals surface area (Å²) in [5.74, 6) is 5.13. The van der Waals surface area contributed by atoms with Crippen molar-refractivity contribution in [1.29, 1.82) is 0 Å². The second-order valence-electron chi connectivity index (χ2n) is 4.18. The van der Waals surface area contributed by atoms with Gasteiger partial charge in [0, 0.05) is 12.6 Å². The Morgan fingerprint density at radius 2 is 2.00 bits per heavy atom. The van der Waals surface area contributed by atoms with Crippen molar-refractivity contribution in [2.75, 3.05) is 17.3 Å². The maximum absolute atomic E-state index is 12.7. The summed E-state index contributed by atoms with van der Waals surface area (Å²) in [5, 5.41) is 11.5. The van der Waals surface area contributed by atoms with Gasteiger partial charge < -0.3 is 15.8 Å². The van der Waals surface area contributed by atoms with Crippen LogP contribution in [0.1, 0.15) is 25.3 Å². The van der Waals surface area contributed by atoms with E-state index in [2.05, 4.69) is 15.7 Å². The largest absolute Gasteiger partial charge is 0.416 e. The summed E-state index contributed by atoms with van der Waals surface area (Å²) in [4.78, 5) is 3.90. The topological polar surface area (TPSA) is 83.2 Å². The number of hydrazine groups is 1. The highest BCUT2D eigenvalue weighted by atomic mass is 19.4. The summed E-state index contributed by atoms with van der Waals surface area (Å²) in [6, 6.07) is 1.66. The number of pyridine rings is 1. The summed E-state index contributed by atoms with van der Waals surface area (Å²) in [5.41, 5.74) is 1.28. The van der Waals surface area contributed by atoms with Gasteiger partial charge in [-0.15, -0.1) is 0 Å². The lowest BCUT2D eigenvalue weighted by Gasteiger charge is -2.16. The Hall–Kier alpha value is -1.54. The molecule has 5 nitrogen and oxygen atoms in total. The highest BCUT2D eigenvalue weighted by Gasteiger charge is 2.31. The number of aliphatic hydroxyl groups excluding tert-OH is 1. The summed E-state index contributed by atoms with van der Waals surface area (Å²) < 4.78 is 38.0. The highest BCUT2D eigenvalue weighted by Crippen LogP contribution is 2.32. The molecule has 1 rings (SSSR count). The molecule has 0 bridgehead atoms. The van der Waals surface area contributed by atoms with E-state index in [1.807, 2.05) is 0 Å². The van der Waals surface area contributed by atoms with Crippen molar-refractivity contribution < 1.29 is 18.3 Å². The highest BCUT2D eigenvalue weighted by molar-refractivity contribution is 5.49. The zero-order valence-corrected chi connectivity index (χ0v) is 10.5. The van der Waals surface area contributed by atoms with Gasteiger partial charge in [-0.25, -0.2) is 10.8 Å². The molecule has 1 unspecified atom stereocenters. The van der Waals surface area contributed by atoms with Gasteiger partial charge in [0.25, 0.3) is 0 Å². The van der Waals surface area contributed by atoms with Crippen LogP contribution in [-0.2, 0) is 6.18 Å². The molecule has 108 valence electrons. The minimum atomic E-state index is -4.46. The third kappa shape index (κ3) is 4.92. The van der Waals surface area contributed by atoms with E-state index in [0.29, 0.717) is 12.8 Å². The number of alkyl halides is 3. The average Bonchev–Trinajstić information content (AvgIpc) is 2.34. The van der Waals surface area contributed by atoms with Gasteiger partial charge >= 0.3 is 6.18 Å². The van der Waals surface area contributed by atoms with Crippen LogP contribution in [-0.4, -0.2) is 22.7 Å². The first-order valence-electron chi connectivity index (χ1n) is 5.80. The number of nitrogen functional groups attached to an aromatic ring is 1. The molecule has 1 aromatic rings. The van der Waals surface area contributed by atoms with E-state index in [9.17, 15) is 13.2 Å². The molecule has 1 heterocycles. The van der Waals surface area contributed by atoms with Crippen LogP contribution in [0.15, 0.2) is 12.1 Å². The van der Waals surface area contributed by atoms with E-state index in [-0.39, 0.29) is 24.3 Å². The van der Waals surface area contributed by atoms with Gasteiger partial charge in [-0.2, -0.15) is 13.2 Å². The van der Waals surface area contributed by atoms with Gasteiger partial charge in [0.2, 0.25) is 0 Å². The quantitative estimate of drug-likeness (QED) is 0.472. The molecule has 0 saturated heterocycles. The third-order valence-corrected chi connectivity index (χ3v) is 2.49. The van der Waals surface area contributed by atoms with E-state index in [1.54, 1.807) is 6.92 Å². The van der Waals surface area contributed by atoms with E-state index >= 15 is 0 Å². The molecule has 0 spiro atoms. The third-order valence-electron chi connectivity index (χ3n) is 2.49. The fraction of sp³-hybridized carbons (Fsp3) is 0.545. The monoisotopic (exact) mass is 278 g/mol. The van der Waals surface area contributed by atoms with Crippen LogP contribution in [0.25, 0.3) is 0 Å². The SMILES string of the molecule is CC(CCCO)Nc1cc(C(F)(F)F)cc(NN)n1. The van der Waals surface area contributed by atoms with Crippen LogP contribution in [0.5, 0.6) is 0 Å². The molecule has 0 aliphatic carbocycles. The second kappa shape index (κ2) is 6.58. The molecule has 5 N–H and O–H groups in total. The summed E-state index contributed by atoms with van der Waals surface area (Å²) in [7, 11) is 0. The number of hydrogen-bond donors (Lipinski definition) is 4. The van der Waals surface area contributed by atoms with Gasteiger partial charge in [0.15, 0.2) is 0 Å². The van der Waals surface area contributed by atoms with Crippen molar-refractivity contribution in [3.63, 3.8) is 0 Å². The number of nitrogens with two attached hydrogens (primary N) is 1. The van der Waals surface area contributed by atoms with Crippen LogP contribution in [0.2, 0.25) is 0 Å². The zero-order chi connectivity index (χ0) is 14.5. The predicted molar refractivity (Wildman–Crippen MR) is 66.5 cm³/mol. The number of halogens is 3. The fourth-order valence-electron chi connectivity index (χ4n) is 1.56. The number of nitrogens with one attached hydrogen (secondary N) is 2. The van der Waals surface area contributed by atoms with Gasteiger partial charge in [-0.3, -0.25) is 0 Å². The predicted octanol–water partition coefficient (Wildman–Crippen LogP) is 1.96. The van der Waals surface area contributed by atoms with Crippen molar-refractivity contribution >= 4 is 11.6 Å². The lowest BCUT2D eigenvalue weighted by Crippen LogP contribution is -2.19. The Morgan fingerprint density at radius 1 is 1.37 bits per heavy atom. The van der Waals surface area contributed by atoms with Crippen molar-refractivity contribution in [2.24, 2.45) is 5.84 Å².